The van der Waals surface area contributed by atoms with Crippen molar-refractivity contribution in [2.24, 2.45) is 0 Å². The standard InChI is InChI=1S/C25H24FN7O2S/c1-16-12-32-14-18(11-20(26)22(32)28-16)33-15-27-23-21(24(33)34)29-25(36-23)31-9-7-30(8-10-31)13-17-3-5-19(35-2)6-4-17/h3-6,11-12,14-15H,7-10,13H2,1-2H3. The second-order valence-corrected chi connectivity index (χ2v) is 9.80. The highest BCUT2D eigenvalue weighted by atomic mass is 32.1. The first-order valence-corrected chi connectivity index (χ1v) is 12.4. The maximum atomic E-state index is 14.6. The van der Waals surface area contributed by atoms with E-state index < -0.39 is 5.82 Å². The molecule has 0 bridgehead atoms. The molecule has 5 heterocycles. The lowest BCUT2D eigenvalue weighted by atomic mass is 10.2. The predicted molar refractivity (Wildman–Crippen MR) is 137 cm³/mol. The van der Waals surface area contributed by atoms with Crippen LogP contribution < -0.4 is 15.2 Å². The Morgan fingerprint density at radius 2 is 1.86 bits per heavy atom. The van der Waals surface area contributed by atoms with Crippen molar-refractivity contribution < 1.29 is 9.13 Å². The molecule has 11 heteroatoms. The quantitative estimate of drug-likeness (QED) is 0.363. The maximum absolute atomic E-state index is 14.6. The van der Waals surface area contributed by atoms with E-state index in [0.717, 1.165) is 43.6 Å². The van der Waals surface area contributed by atoms with Gasteiger partial charge in [-0.3, -0.25) is 14.3 Å². The first kappa shape index (κ1) is 22.6. The highest BCUT2D eigenvalue weighted by Gasteiger charge is 2.22. The summed E-state index contributed by atoms with van der Waals surface area (Å²) in [6.07, 6.45) is 4.82. The van der Waals surface area contributed by atoms with E-state index in [9.17, 15) is 9.18 Å². The molecule has 36 heavy (non-hydrogen) atoms. The smallest absolute Gasteiger partial charge is 0.285 e. The van der Waals surface area contributed by atoms with Gasteiger partial charge >= 0.3 is 0 Å². The second-order valence-electron chi connectivity index (χ2n) is 8.84. The third-order valence-electron chi connectivity index (χ3n) is 6.41. The summed E-state index contributed by atoms with van der Waals surface area (Å²) >= 11 is 1.41. The number of halogens is 1. The topological polar surface area (TPSA) is 80.8 Å². The number of aryl methyl sites for hydroxylation is 1. The lowest BCUT2D eigenvalue weighted by Gasteiger charge is -2.34. The van der Waals surface area contributed by atoms with Crippen molar-refractivity contribution in [3.05, 3.63) is 76.5 Å². The van der Waals surface area contributed by atoms with Gasteiger partial charge < -0.3 is 14.0 Å². The zero-order valence-corrected chi connectivity index (χ0v) is 20.7. The number of nitrogens with zero attached hydrogens (tertiary/aromatic N) is 7. The number of ether oxygens (including phenoxy) is 1. The number of benzene rings is 1. The van der Waals surface area contributed by atoms with Gasteiger partial charge in [-0.05, 0) is 24.6 Å². The Balaban J connectivity index is 1.21. The van der Waals surface area contributed by atoms with Crippen molar-refractivity contribution >= 4 is 32.5 Å². The number of pyridine rings is 1. The van der Waals surface area contributed by atoms with Crippen molar-refractivity contribution in [1.82, 2.24) is 28.8 Å². The minimum atomic E-state index is -0.501. The van der Waals surface area contributed by atoms with Crippen molar-refractivity contribution in [2.75, 3.05) is 38.2 Å². The van der Waals surface area contributed by atoms with E-state index in [1.807, 2.05) is 12.1 Å². The van der Waals surface area contributed by atoms with Gasteiger partial charge in [0.1, 0.15) is 12.1 Å². The SMILES string of the molecule is COc1ccc(CN2CCN(c3nc4c(=O)n(-c5cc(F)c6nc(C)cn6c5)cnc4s3)CC2)cc1. The first-order chi connectivity index (χ1) is 17.5. The van der Waals surface area contributed by atoms with Crippen LogP contribution in [0.4, 0.5) is 9.52 Å². The van der Waals surface area contributed by atoms with Crippen LogP contribution in [-0.4, -0.2) is 62.1 Å². The molecule has 1 saturated heterocycles. The molecule has 0 aliphatic carbocycles. The summed E-state index contributed by atoms with van der Waals surface area (Å²) in [6, 6.07) is 9.44. The molecule has 1 aliphatic rings. The average Bonchev–Trinajstić information content (AvgIpc) is 3.49. The molecular weight excluding hydrogens is 481 g/mol. The Bertz CT molecular complexity index is 1620. The molecule has 1 fully saturated rings. The number of imidazole rings is 1. The summed E-state index contributed by atoms with van der Waals surface area (Å²) in [7, 11) is 1.67. The minimum Gasteiger partial charge on any atom is -0.497 e. The van der Waals surface area contributed by atoms with Gasteiger partial charge in [-0.15, -0.1) is 0 Å². The molecule has 1 aromatic carbocycles. The van der Waals surface area contributed by atoms with Gasteiger partial charge in [0.15, 0.2) is 26.9 Å². The van der Waals surface area contributed by atoms with Gasteiger partial charge in [-0.1, -0.05) is 23.5 Å². The average molecular weight is 506 g/mol. The third-order valence-corrected chi connectivity index (χ3v) is 7.43. The van der Waals surface area contributed by atoms with E-state index in [2.05, 4.69) is 36.9 Å². The van der Waals surface area contributed by atoms with Gasteiger partial charge in [0.05, 0.1) is 18.5 Å². The van der Waals surface area contributed by atoms with Crippen LogP contribution in [0.2, 0.25) is 0 Å². The molecule has 9 nitrogen and oxygen atoms in total. The highest BCUT2D eigenvalue weighted by molar-refractivity contribution is 7.21. The molecule has 0 unspecified atom stereocenters. The van der Waals surface area contributed by atoms with Gasteiger partial charge in [0.2, 0.25) is 0 Å². The normalized spacial score (nSPS) is 14.7. The Morgan fingerprint density at radius 3 is 2.61 bits per heavy atom. The number of rotatable bonds is 5. The minimum absolute atomic E-state index is 0.223. The fourth-order valence-electron chi connectivity index (χ4n) is 4.51. The molecular formula is C25H24FN7O2S. The van der Waals surface area contributed by atoms with Gasteiger partial charge in [0, 0.05) is 51.2 Å². The molecule has 5 aromatic rings. The summed E-state index contributed by atoms with van der Waals surface area (Å²) < 4.78 is 22.7. The van der Waals surface area contributed by atoms with Crippen molar-refractivity contribution in [1.29, 1.82) is 0 Å². The maximum Gasteiger partial charge on any atom is 0.285 e. The largest absolute Gasteiger partial charge is 0.497 e. The van der Waals surface area contributed by atoms with E-state index in [0.29, 0.717) is 21.7 Å². The third kappa shape index (κ3) is 4.10. The van der Waals surface area contributed by atoms with Crippen molar-refractivity contribution in [2.45, 2.75) is 13.5 Å². The van der Waals surface area contributed by atoms with E-state index in [4.69, 9.17) is 4.74 Å². The van der Waals surface area contributed by atoms with E-state index in [-0.39, 0.29) is 11.2 Å². The molecule has 0 N–H and O–H groups in total. The van der Waals surface area contributed by atoms with Crippen LogP contribution in [0.5, 0.6) is 5.75 Å². The number of anilines is 1. The molecule has 0 spiro atoms. The van der Waals surface area contributed by atoms with E-state index in [1.165, 1.54) is 33.9 Å². The van der Waals surface area contributed by atoms with E-state index in [1.54, 1.807) is 30.8 Å². The molecule has 0 atom stereocenters. The highest BCUT2D eigenvalue weighted by Crippen LogP contribution is 2.27. The number of methoxy groups -OCH3 is 1. The van der Waals surface area contributed by atoms with E-state index >= 15 is 0 Å². The fourth-order valence-corrected chi connectivity index (χ4v) is 5.46. The lowest BCUT2D eigenvalue weighted by Crippen LogP contribution is -2.45. The van der Waals surface area contributed by atoms with Gasteiger partial charge in [-0.2, -0.15) is 0 Å². The summed E-state index contributed by atoms with van der Waals surface area (Å²) in [5.41, 5.74) is 2.50. The first-order valence-electron chi connectivity index (χ1n) is 11.6. The molecule has 6 rings (SSSR count). The molecule has 184 valence electrons. The summed E-state index contributed by atoms with van der Waals surface area (Å²) in [5.74, 6) is 0.355. The van der Waals surface area contributed by atoms with Crippen LogP contribution in [0.15, 0.2) is 53.8 Å². The number of hydrogen-bond acceptors (Lipinski definition) is 8. The van der Waals surface area contributed by atoms with Crippen molar-refractivity contribution in [3.63, 3.8) is 0 Å². The molecule has 1 aliphatic heterocycles. The van der Waals surface area contributed by atoms with Crippen LogP contribution in [0, 0.1) is 12.7 Å². The molecule has 4 aromatic heterocycles. The number of thiazole rings is 1. The Morgan fingerprint density at radius 1 is 1.08 bits per heavy atom. The molecule has 0 radical (unpaired) electrons. The fraction of sp³-hybridized carbons (Fsp3) is 0.280. The Kier molecular flexibility index (Phi) is 5.65. The Labute approximate surface area is 210 Å². The summed E-state index contributed by atoms with van der Waals surface area (Å²) in [5, 5.41) is 0.781. The second kappa shape index (κ2) is 8.99. The van der Waals surface area contributed by atoms with Gasteiger partial charge in [-0.25, -0.2) is 19.3 Å². The zero-order chi connectivity index (χ0) is 24.8. The number of aromatic nitrogens is 5. The van der Waals surface area contributed by atoms with Gasteiger partial charge in [0.25, 0.3) is 5.56 Å². The van der Waals surface area contributed by atoms with Crippen LogP contribution in [-0.2, 0) is 6.54 Å². The molecule has 0 amide bonds. The van der Waals surface area contributed by atoms with Crippen LogP contribution in [0.1, 0.15) is 11.3 Å². The number of hydrogen-bond donors (Lipinski definition) is 0. The summed E-state index contributed by atoms with van der Waals surface area (Å²) in [4.78, 5) is 31.7. The lowest BCUT2D eigenvalue weighted by molar-refractivity contribution is 0.250. The van der Waals surface area contributed by atoms with Crippen LogP contribution in [0.25, 0.3) is 21.7 Å². The number of fused-ring (bicyclic) bond motifs is 2. The van der Waals surface area contributed by atoms with Crippen molar-refractivity contribution in [3.8, 4) is 11.4 Å². The monoisotopic (exact) mass is 505 g/mol. The number of piperazine rings is 1. The van der Waals surface area contributed by atoms with Crippen LogP contribution >= 0.6 is 11.3 Å². The van der Waals surface area contributed by atoms with Crippen LogP contribution in [0.3, 0.4) is 0 Å². The Hall–Kier alpha value is -3.83. The molecule has 0 saturated carbocycles. The predicted octanol–water partition coefficient (Wildman–Crippen LogP) is 3.27. The summed E-state index contributed by atoms with van der Waals surface area (Å²) in [6.45, 7) is 6.08. The zero-order valence-electron chi connectivity index (χ0n) is 19.9.